The molecule has 2 rings (SSSR count). The Morgan fingerprint density at radius 3 is 2.69 bits per heavy atom. The number of aliphatic hydroxyl groups is 1. The molecule has 3 nitrogen and oxygen atoms in total. The first-order valence-corrected chi connectivity index (χ1v) is 6.71. The summed E-state index contributed by atoms with van der Waals surface area (Å²) in [6.45, 7) is 8.10. The first-order valence-electron chi connectivity index (χ1n) is 6.71. The summed E-state index contributed by atoms with van der Waals surface area (Å²) in [6, 6.07) is 0.824. The van der Waals surface area contributed by atoms with Gasteiger partial charge in [-0.25, -0.2) is 0 Å². The molecule has 16 heavy (non-hydrogen) atoms. The van der Waals surface area contributed by atoms with Crippen LogP contribution in [-0.2, 0) is 0 Å². The maximum Gasteiger partial charge on any atom is 0.0718 e. The van der Waals surface area contributed by atoms with Crippen LogP contribution in [0.3, 0.4) is 0 Å². The minimum absolute atomic E-state index is 0.550. The summed E-state index contributed by atoms with van der Waals surface area (Å²) in [4.78, 5) is 2.42. The predicted molar refractivity (Wildman–Crippen MR) is 66.5 cm³/mol. The smallest absolute Gasteiger partial charge is 0.0718 e. The van der Waals surface area contributed by atoms with Gasteiger partial charge in [0.15, 0.2) is 0 Å². The summed E-state index contributed by atoms with van der Waals surface area (Å²) in [5.41, 5.74) is -0.550. The van der Waals surface area contributed by atoms with Crippen LogP contribution in [0.15, 0.2) is 0 Å². The van der Waals surface area contributed by atoms with Crippen LogP contribution in [0.25, 0.3) is 0 Å². The molecule has 1 aliphatic carbocycles. The van der Waals surface area contributed by atoms with E-state index in [4.69, 9.17) is 0 Å². The van der Waals surface area contributed by atoms with Crippen LogP contribution in [0.5, 0.6) is 0 Å². The van der Waals surface area contributed by atoms with Gasteiger partial charge in [-0.1, -0.05) is 0 Å². The van der Waals surface area contributed by atoms with E-state index in [-0.39, 0.29) is 0 Å². The predicted octanol–water partition coefficient (Wildman–Crippen LogP) is 1.22. The number of nitrogens with one attached hydrogen (secondary N) is 1. The van der Waals surface area contributed by atoms with E-state index in [0.29, 0.717) is 0 Å². The molecule has 1 saturated heterocycles. The molecular weight excluding hydrogens is 200 g/mol. The first-order chi connectivity index (χ1) is 7.53. The number of nitrogens with zero attached hydrogens (tertiary/aromatic N) is 1. The van der Waals surface area contributed by atoms with Crippen molar-refractivity contribution in [1.29, 1.82) is 0 Å². The van der Waals surface area contributed by atoms with Gasteiger partial charge >= 0.3 is 0 Å². The third-order valence-corrected chi connectivity index (χ3v) is 3.49. The third-order valence-electron chi connectivity index (χ3n) is 3.49. The van der Waals surface area contributed by atoms with Crippen molar-refractivity contribution < 1.29 is 5.11 Å². The van der Waals surface area contributed by atoms with E-state index in [1.807, 2.05) is 13.8 Å². The molecule has 2 fully saturated rings. The molecule has 1 atom stereocenters. The van der Waals surface area contributed by atoms with Crippen molar-refractivity contribution >= 4 is 0 Å². The lowest BCUT2D eigenvalue weighted by molar-refractivity contribution is 0.0216. The molecule has 94 valence electrons. The van der Waals surface area contributed by atoms with E-state index >= 15 is 0 Å². The van der Waals surface area contributed by atoms with E-state index < -0.39 is 5.60 Å². The van der Waals surface area contributed by atoms with Gasteiger partial charge in [0.25, 0.3) is 0 Å². The molecule has 3 heteroatoms. The van der Waals surface area contributed by atoms with Crippen molar-refractivity contribution in [3.63, 3.8) is 0 Å². The van der Waals surface area contributed by atoms with E-state index in [1.54, 1.807) is 0 Å². The quantitative estimate of drug-likeness (QED) is 0.740. The zero-order chi connectivity index (χ0) is 11.6. The largest absolute Gasteiger partial charge is 0.389 e. The summed E-state index contributed by atoms with van der Waals surface area (Å²) in [7, 11) is 0. The lowest BCUT2D eigenvalue weighted by Crippen LogP contribution is -2.46. The molecular formula is C13H26N2O. The standard InChI is InChI=1S/C13H26N2O/c1-13(2,16)10-15-7-3-4-11(9-15)8-14-12-5-6-12/h11-12,14,16H,3-10H2,1-2H3. The Morgan fingerprint density at radius 2 is 2.06 bits per heavy atom. The molecule has 0 amide bonds. The van der Waals surface area contributed by atoms with E-state index in [0.717, 1.165) is 31.6 Å². The molecule has 1 heterocycles. The van der Waals surface area contributed by atoms with E-state index in [2.05, 4.69) is 10.2 Å². The Kier molecular flexibility index (Phi) is 3.88. The highest BCUT2D eigenvalue weighted by Crippen LogP contribution is 2.22. The second kappa shape index (κ2) is 5.03. The zero-order valence-corrected chi connectivity index (χ0v) is 10.7. The fourth-order valence-corrected chi connectivity index (χ4v) is 2.63. The van der Waals surface area contributed by atoms with Gasteiger partial charge in [0.1, 0.15) is 0 Å². The van der Waals surface area contributed by atoms with Gasteiger partial charge in [0.05, 0.1) is 5.60 Å². The molecule has 0 bridgehead atoms. The van der Waals surface area contributed by atoms with Crippen LogP contribution < -0.4 is 5.32 Å². The number of hydrogen-bond acceptors (Lipinski definition) is 3. The molecule has 0 radical (unpaired) electrons. The van der Waals surface area contributed by atoms with Gasteiger partial charge in [-0.15, -0.1) is 0 Å². The maximum atomic E-state index is 9.83. The van der Waals surface area contributed by atoms with Crippen LogP contribution in [0.2, 0.25) is 0 Å². The van der Waals surface area contributed by atoms with Gasteiger partial charge < -0.3 is 15.3 Å². The van der Waals surface area contributed by atoms with Gasteiger partial charge in [-0.3, -0.25) is 0 Å². The fourth-order valence-electron chi connectivity index (χ4n) is 2.63. The number of β-amino-alcohol motifs (C(OH)–C–C–N with tert-alkyl or cyclic N) is 1. The molecule has 1 aliphatic heterocycles. The van der Waals surface area contributed by atoms with Crippen LogP contribution >= 0.6 is 0 Å². The normalized spacial score (nSPS) is 28.3. The minimum atomic E-state index is -0.550. The van der Waals surface area contributed by atoms with Gasteiger partial charge in [0.2, 0.25) is 0 Å². The molecule has 2 N–H and O–H groups in total. The SMILES string of the molecule is CC(C)(O)CN1CCCC(CNC2CC2)C1. The molecule has 0 aromatic heterocycles. The summed E-state index contributed by atoms with van der Waals surface area (Å²) < 4.78 is 0. The average molecular weight is 226 g/mol. The highest BCUT2D eigenvalue weighted by atomic mass is 16.3. The van der Waals surface area contributed by atoms with Crippen molar-refractivity contribution in [1.82, 2.24) is 10.2 Å². The maximum absolute atomic E-state index is 9.83. The van der Waals surface area contributed by atoms with Crippen LogP contribution in [-0.4, -0.2) is 47.8 Å². The Balaban J connectivity index is 1.70. The summed E-state index contributed by atoms with van der Waals surface area (Å²) in [6.07, 6.45) is 5.38. The molecule has 1 unspecified atom stereocenters. The Labute approximate surface area is 99.2 Å². The monoisotopic (exact) mass is 226 g/mol. The molecule has 1 saturated carbocycles. The zero-order valence-electron chi connectivity index (χ0n) is 10.7. The van der Waals surface area contributed by atoms with Crippen molar-refractivity contribution in [2.75, 3.05) is 26.2 Å². The van der Waals surface area contributed by atoms with Crippen molar-refractivity contribution in [2.45, 2.75) is 51.2 Å². The Bertz CT molecular complexity index is 220. The van der Waals surface area contributed by atoms with Crippen molar-refractivity contribution in [3.8, 4) is 0 Å². The van der Waals surface area contributed by atoms with Gasteiger partial charge in [0, 0.05) is 19.1 Å². The first kappa shape index (κ1) is 12.3. The lowest BCUT2D eigenvalue weighted by atomic mass is 9.96. The summed E-state index contributed by atoms with van der Waals surface area (Å²) in [5.74, 6) is 0.789. The highest BCUT2D eigenvalue weighted by Gasteiger charge is 2.26. The molecule has 2 aliphatic rings. The number of piperidine rings is 1. The number of rotatable bonds is 5. The summed E-state index contributed by atoms with van der Waals surface area (Å²) in [5, 5.41) is 13.4. The van der Waals surface area contributed by atoms with Crippen LogP contribution in [0.1, 0.15) is 39.5 Å². The van der Waals surface area contributed by atoms with Crippen molar-refractivity contribution in [3.05, 3.63) is 0 Å². The minimum Gasteiger partial charge on any atom is -0.389 e. The summed E-state index contributed by atoms with van der Waals surface area (Å²) >= 11 is 0. The fraction of sp³-hybridized carbons (Fsp3) is 1.00. The topological polar surface area (TPSA) is 35.5 Å². The number of likely N-dealkylation sites (tertiary alicyclic amines) is 1. The Morgan fingerprint density at radius 1 is 1.31 bits per heavy atom. The Hall–Kier alpha value is -0.120. The second-order valence-corrected chi connectivity index (χ2v) is 6.24. The third kappa shape index (κ3) is 4.40. The van der Waals surface area contributed by atoms with Crippen molar-refractivity contribution in [2.24, 2.45) is 5.92 Å². The molecule has 0 aromatic carbocycles. The van der Waals surface area contributed by atoms with Crippen LogP contribution in [0.4, 0.5) is 0 Å². The van der Waals surface area contributed by atoms with Gasteiger partial charge in [-0.2, -0.15) is 0 Å². The van der Waals surface area contributed by atoms with E-state index in [1.165, 1.54) is 32.2 Å². The number of hydrogen-bond donors (Lipinski definition) is 2. The van der Waals surface area contributed by atoms with E-state index in [9.17, 15) is 5.11 Å². The molecule has 0 spiro atoms. The second-order valence-electron chi connectivity index (χ2n) is 6.24. The lowest BCUT2D eigenvalue weighted by Gasteiger charge is -2.36. The highest BCUT2D eigenvalue weighted by molar-refractivity contribution is 4.84. The molecule has 0 aromatic rings. The average Bonchev–Trinajstić information content (AvgIpc) is 2.96. The van der Waals surface area contributed by atoms with Gasteiger partial charge in [-0.05, 0) is 58.5 Å². The van der Waals surface area contributed by atoms with Crippen LogP contribution in [0, 0.1) is 5.92 Å².